The minimum Gasteiger partial charge on any atom is -0.481 e. The van der Waals surface area contributed by atoms with Gasteiger partial charge in [0.15, 0.2) is 0 Å². The lowest BCUT2D eigenvalue weighted by Gasteiger charge is -2.16. The van der Waals surface area contributed by atoms with Crippen LogP contribution in [0.15, 0.2) is 84.9 Å². The van der Waals surface area contributed by atoms with Gasteiger partial charge < -0.3 is 5.11 Å². The largest absolute Gasteiger partial charge is 0.481 e. The molecule has 0 spiro atoms. The van der Waals surface area contributed by atoms with E-state index in [4.69, 9.17) is 0 Å². The Morgan fingerprint density at radius 3 is 2.31 bits per heavy atom. The number of carboxylic acids is 1. The van der Waals surface area contributed by atoms with Crippen LogP contribution >= 0.6 is 0 Å². The van der Waals surface area contributed by atoms with Crippen molar-refractivity contribution in [3.05, 3.63) is 107 Å². The first-order valence-corrected chi connectivity index (χ1v) is 11.4. The Morgan fingerprint density at radius 1 is 0.781 bits per heavy atom. The van der Waals surface area contributed by atoms with Gasteiger partial charge >= 0.3 is 5.97 Å². The number of aliphatic carboxylic acids is 1. The van der Waals surface area contributed by atoms with Gasteiger partial charge in [0.05, 0.1) is 0 Å². The first-order chi connectivity index (χ1) is 15.5. The molecule has 0 heterocycles. The van der Waals surface area contributed by atoms with Crippen molar-refractivity contribution in [1.29, 1.82) is 0 Å². The Kier molecular flexibility index (Phi) is 6.70. The lowest BCUT2D eigenvalue weighted by Crippen LogP contribution is -2.03. The van der Waals surface area contributed by atoms with E-state index < -0.39 is 5.97 Å². The normalized spacial score (nSPS) is 11.2. The summed E-state index contributed by atoms with van der Waals surface area (Å²) in [4.78, 5) is 11.3. The third-order valence-corrected chi connectivity index (χ3v) is 6.03. The zero-order valence-corrected chi connectivity index (χ0v) is 18.8. The fourth-order valence-corrected chi connectivity index (χ4v) is 4.52. The Bertz CT molecular complexity index is 1230. The molecular formula is C30H30O2. The zero-order valence-electron chi connectivity index (χ0n) is 18.8. The molecule has 0 saturated carbocycles. The van der Waals surface area contributed by atoms with Gasteiger partial charge in [-0.05, 0) is 69.3 Å². The molecule has 2 nitrogen and oxygen atoms in total. The van der Waals surface area contributed by atoms with Crippen LogP contribution in [0.5, 0.6) is 0 Å². The van der Waals surface area contributed by atoms with Crippen molar-refractivity contribution in [1.82, 2.24) is 0 Å². The van der Waals surface area contributed by atoms with Crippen LogP contribution in [-0.2, 0) is 24.1 Å². The van der Waals surface area contributed by atoms with Gasteiger partial charge in [-0.2, -0.15) is 0 Å². The summed E-state index contributed by atoms with van der Waals surface area (Å²) in [6.45, 7) is 4.50. The Morgan fingerprint density at radius 2 is 1.50 bits per heavy atom. The fourth-order valence-electron chi connectivity index (χ4n) is 4.52. The molecule has 0 fully saturated rings. The first kappa shape index (κ1) is 21.8. The number of rotatable bonds is 8. The minimum absolute atomic E-state index is 0.145. The molecule has 162 valence electrons. The van der Waals surface area contributed by atoms with Crippen LogP contribution in [0.25, 0.3) is 21.9 Å². The molecule has 0 saturated heterocycles. The number of carboxylic acid groups (broad SMARTS) is 1. The lowest BCUT2D eigenvalue weighted by molar-refractivity contribution is -0.136. The molecular weight excluding hydrogens is 392 g/mol. The van der Waals surface area contributed by atoms with Crippen molar-refractivity contribution < 1.29 is 9.90 Å². The highest BCUT2D eigenvalue weighted by Gasteiger charge is 2.12. The summed E-state index contributed by atoms with van der Waals surface area (Å²) >= 11 is 0. The maximum Gasteiger partial charge on any atom is 0.303 e. The van der Waals surface area contributed by atoms with Gasteiger partial charge in [0.2, 0.25) is 0 Å². The van der Waals surface area contributed by atoms with Crippen LogP contribution in [-0.4, -0.2) is 11.1 Å². The van der Waals surface area contributed by atoms with E-state index in [0.717, 1.165) is 18.4 Å². The van der Waals surface area contributed by atoms with Crippen LogP contribution in [0.2, 0.25) is 0 Å². The van der Waals surface area contributed by atoms with E-state index in [1.165, 1.54) is 38.6 Å². The molecule has 0 atom stereocenters. The number of aryl methyl sites for hydroxylation is 1. The second-order valence-electron chi connectivity index (χ2n) is 8.95. The summed E-state index contributed by atoms with van der Waals surface area (Å²) in [6.07, 6.45) is 2.52. The lowest BCUT2D eigenvalue weighted by atomic mass is 9.89. The fraction of sp³-hybridized carbons (Fsp3) is 0.233. The molecule has 0 aliphatic heterocycles. The molecule has 1 N–H and O–H groups in total. The van der Waals surface area contributed by atoms with E-state index in [1.807, 2.05) is 0 Å². The Balaban J connectivity index is 1.78. The van der Waals surface area contributed by atoms with Crippen molar-refractivity contribution in [2.45, 2.75) is 39.5 Å². The predicted octanol–water partition coefficient (Wildman–Crippen LogP) is 7.31. The monoisotopic (exact) mass is 422 g/mol. The SMILES string of the molecule is CC(C)Cc1ccccc1-c1ccc(CCC(=O)O)c(Cc2cccc3ccccc23)c1. The summed E-state index contributed by atoms with van der Waals surface area (Å²) in [5.41, 5.74) is 7.43. The van der Waals surface area contributed by atoms with E-state index >= 15 is 0 Å². The molecule has 4 rings (SSSR count). The number of hydrogen-bond acceptors (Lipinski definition) is 1. The average molecular weight is 423 g/mol. The summed E-state index contributed by atoms with van der Waals surface area (Å²) in [6, 6.07) is 30.1. The van der Waals surface area contributed by atoms with Gasteiger partial charge in [0.1, 0.15) is 0 Å². The zero-order chi connectivity index (χ0) is 22.5. The molecule has 0 aliphatic rings. The quantitative estimate of drug-likeness (QED) is 0.323. The summed E-state index contributed by atoms with van der Waals surface area (Å²) in [5.74, 6) is -0.173. The molecule has 2 heteroatoms. The predicted molar refractivity (Wildman–Crippen MR) is 133 cm³/mol. The summed E-state index contributed by atoms with van der Waals surface area (Å²) < 4.78 is 0. The number of fused-ring (bicyclic) bond motifs is 1. The summed E-state index contributed by atoms with van der Waals surface area (Å²) in [7, 11) is 0. The molecule has 0 bridgehead atoms. The van der Waals surface area contributed by atoms with Gasteiger partial charge in [-0.3, -0.25) is 4.79 Å². The van der Waals surface area contributed by atoms with Gasteiger partial charge in [-0.1, -0.05) is 98.8 Å². The van der Waals surface area contributed by atoms with E-state index in [2.05, 4.69) is 98.8 Å². The van der Waals surface area contributed by atoms with Crippen molar-refractivity contribution in [3.63, 3.8) is 0 Å². The molecule has 0 aromatic heterocycles. The standard InChI is InChI=1S/C30H30O2/c1-21(2)18-24-9-4-6-13-29(24)26-15-14-22(16-17-30(31)32)27(20-26)19-25-11-7-10-23-8-3-5-12-28(23)25/h3-15,20-21H,16-19H2,1-2H3,(H,31,32). The van der Waals surface area contributed by atoms with Crippen LogP contribution in [0.3, 0.4) is 0 Å². The van der Waals surface area contributed by atoms with Crippen molar-refractivity contribution >= 4 is 16.7 Å². The third-order valence-electron chi connectivity index (χ3n) is 6.03. The molecule has 0 amide bonds. The second-order valence-corrected chi connectivity index (χ2v) is 8.95. The van der Waals surface area contributed by atoms with Crippen LogP contribution in [0, 0.1) is 5.92 Å². The van der Waals surface area contributed by atoms with Gasteiger partial charge in [-0.15, -0.1) is 0 Å². The topological polar surface area (TPSA) is 37.3 Å². The highest BCUT2D eigenvalue weighted by Crippen LogP contribution is 2.30. The highest BCUT2D eigenvalue weighted by molar-refractivity contribution is 5.86. The van der Waals surface area contributed by atoms with Crippen molar-refractivity contribution in [2.24, 2.45) is 5.92 Å². The van der Waals surface area contributed by atoms with Crippen LogP contribution < -0.4 is 0 Å². The van der Waals surface area contributed by atoms with Crippen LogP contribution in [0.1, 0.15) is 42.5 Å². The number of carbonyl (C=O) groups is 1. The van der Waals surface area contributed by atoms with Crippen molar-refractivity contribution in [3.8, 4) is 11.1 Å². The van der Waals surface area contributed by atoms with Crippen LogP contribution in [0.4, 0.5) is 0 Å². The number of hydrogen-bond donors (Lipinski definition) is 1. The van der Waals surface area contributed by atoms with Gasteiger partial charge in [-0.25, -0.2) is 0 Å². The Labute approximate surface area is 190 Å². The maximum absolute atomic E-state index is 11.3. The third kappa shape index (κ3) is 5.08. The molecule has 0 radical (unpaired) electrons. The molecule has 32 heavy (non-hydrogen) atoms. The second kappa shape index (κ2) is 9.82. The van der Waals surface area contributed by atoms with E-state index in [1.54, 1.807) is 0 Å². The summed E-state index contributed by atoms with van der Waals surface area (Å²) in [5, 5.41) is 11.7. The van der Waals surface area contributed by atoms with Crippen molar-refractivity contribution in [2.75, 3.05) is 0 Å². The molecule has 0 aliphatic carbocycles. The first-order valence-electron chi connectivity index (χ1n) is 11.4. The Hall–Kier alpha value is -3.39. The highest BCUT2D eigenvalue weighted by atomic mass is 16.4. The average Bonchev–Trinajstić information content (AvgIpc) is 2.78. The smallest absolute Gasteiger partial charge is 0.303 e. The molecule has 4 aromatic carbocycles. The molecule has 0 unspecified atom stereocenters. The van der Waals surface area contributed by atoms with E-state index in [9.17, 15) is 9.90 Å². The number of benzene rings is 4. The minimum atomic E-state index is -0.757. The molecule has 4 aromatic rings. The van der Waals surface area contributed by atoms with Gasteiger partial charge in [0.25, 0.3) is 0 Å². The van der Waals surface area contributed by atoms with E-state index in [-0.39, 0.29) is 6.42 Å². The van der Waals surface area contributed by atoms with Gasteiger partial charge in [0, 0.05) is 6.42 Å². The maximum atomic E-state index is 11.3. The van der Waals surface area contributed by atoms with E-state index in [0.29, 0.717) is 12.3 Å².